The molecule has 98 valence electrons. The number of hydrogen-bond donors (Lipinski definition) is 1. The molecule has 4 nitrogen and oxygen atoms in total. The Labute approximate surface area is 116 Å². The van der Waals surface area contributed by atoms with Gasteiger partial charge >= 0.3 is 0 Å². The van der Waals surface area contributed by atoms with E-state index in [0.29, 0.717) is 0 Å². The van der Waals surface area contributed by atoms with Gasteiger partial charge in [-0.05, 0) is 31.0 Å². The van der Waals surface area contributed by atoms with Crippen LogP contribution in [0.5, 0.6) is 0 Å². The van der Waals surface area contributed by atoms with Crippen molar-refractivity contribution >= 4 is 28.1 Å². The topological polar surface area (TPSA) is 50.7 Å². The SMILES string of the molecule is CC[C@H](C)NC(=O)CO/N=C\c1ccc(Br)cc1. The van der Waals surface area contributed by atoms with Gasteiger partial charge in [-0.15, -0.1) is 0 Å². The molecule has 0 aliphatic rings. The smallest absolute Gasteiger partial charge is 0.260 e. The van der Waals surface area contributed by atoms with Gasteiger partial charge in [0.2, 0.25) is 0 Å². The van der Waals surface area contributed by atoms with Crippen molar-refractivity contribution in [2.75, 3.05) is 6.61 Å². The first-order valence-electron chi connectivity index (χ1n) is 5.82. The van der Waals surface area contributed by atoms with Gasteiger partial charge in [0.15, 0.2) is 6.61 Å². The van der Waals surface area contributed by atoms with E-state index in [2.05, 4.69) is 26.4 Å². The second kappa shape index (κ2) is 7.87. The van der Waals surface area contributed by atoms with E-state index in [1.54, 1.807) is 6.21 Å². The fourth-order valence-corrected chi connectivity index (χ4v) is 1.43. The molecule has 1 aromatic rings. The predicted molar refractivity (Wildman–Crippen MR) is 75.6 cm³/mol. The Kier molecular flexibility index (Phi) is 6.43. The molecule has 0 radical (unpaired) electrons. The van der Waals surface area contributed by atoms with Crippen molar-refractivity contribution in [2.45, 2.75) is 26.3 Å². The molecule has 5 heteroatoms. The molecule has 0 aromatic heterocycles. The Hall–Kier alpha value is -1.36. The van der Waals surface area contributed by atoms with E-state index >= 15 is 0 Å². The van der Waals surface area contributed by atoms with Crippen LogP contribution < -0.4 is 5.32 Å². The minimum atomic E-state index is -0.155. The Balaban J connectivity index is 2.29. The molecule has 0 saturated heterocycles. The van der Waals surface area contributed by atoms with E-state index in [1.165, 1.54) is 0 Å². The minimum absolute atomic E-state index is 0.0582. The van der Waals surface area contributed by atoms with Crippen LogP contribution in [0.4, 0.5) is 0 Å². The van der Waals surface area contributed by atoms with Crippen molar-refractivity contribution < 1.29 is 9.63 Å². The molecule has 1 aromatic carbocycles. The zero-order valence-electron chi connectivity index (χ0n) is 10.5. The quantitative estimate of drug-likeness (QED) is 0.648. The lowest BCUT2D eigenvalue weighted by Crippen LogP contribution is -2.34. The molecule has 0 heterocycles. The third-order valence-electron chi connectivity index (χ3n) is 2.36. The van der Waals surface area contributed by atoms with Crippen molar-refractivity contribution in [3.05, 3.63) is 34.3 Å². The van der Waals surface area contributed by atoms with E-state index in [1.807, 2.05) is 38.1 Å². The fourth-order valence-electron chi connectivity index (χ4n) is 1.16. The Morgan fingerprint density at radius 3 is 2.78 bits per heavy atom. The molecule has 0 bridgehead atoms. The standard InChI is InChI=1S/C13H17BrN2O2/c1-3-10(2)16-13(17)9-18-15-8-11-4-6-12(14)7-5-11/h4-8,10H,3,9H2,1-2H3,(H,16,17)/b15-8-/t10-/m0/s1. The number of rotatable bonds is 6. The highest BCUT2D eigenvalue weighted by Gasteiger charge is 2.04. The molecule has 1 N–H and O–H groups in total. The van der Waals surface area contributed by atoms with Crippen molar-refractivity contribution in [1.82, 2.24) is 5.32 Å². The molecule has 0 unspecified atom stereocenters. The van der Waals surface area contributed by atoms with Crippen LogP contribution in [0.1, 0.15) is 25.8 Å². The summed E-state index contributed by atoms with van der Waals surface area (Å²) in [5.41, 5.74) is 0.917. The number of carbonyl (C=O) groups is 1. The summed E-state index contributed by atoms with van der Waals surface area (Å²) in [4.78, 5) is 16.3. The van der Waals surface area contributed by atoms with Gasteiger partial charge in [0.05, 0.1) is 6.21 Å². The maximum Gasteiger partial charge on any atom is 0.260 e. The second-order valence-corrected chi connectivity index (χ2v) is 4.85. The monoisotopic (exact) mass is 312 g/mol. The normalized spacial score (nSPS) is 12.4. The first kappa shape index (κ1) is 14.7. The van der Waals surface area contributed by atoms with Gasteiger partial charge in [0.1, 0.15) is 0 Å². The molecule has 1 amide bonds. The van der Waals surface area contributed by atoms with E-state index in [9.17, 15) is 4.79 Å². The van der Waals surface area contributed by atoms with Crippen molar-refractivity contribution in [3.8, 4) is 0 Å². The van der Waals surface area contributed by atoms with Gasteiger partial charge < -0.3 is 10.2 Å². The lowest BCUT2D eigenvalue weighted by molar-refractivity contribution is -0.126. The van der Waals surface area contributed by atoms with Crippen LogP contribution in [-0.2, 0) is 9.63 Å². The van der Waals surface area contributed by atoms with E-state index in [0.717, 1.165) is 16.5 Å². The molecule has 0 spiro atoms. The third-order valence-corrected chi connectivity index (χ3v) is 2.89. The number of halogens is 1. The van der Waals surface area contributed by atoms with Gasteiger partial charge in [-0.25, -0.2) is 0 Å². The van der Waals surface area contributed by atoms with Crippen LogP contribution in [0.3, 0.4) is 0 Å². The second-order valence-electron chi connectivity index (χ2n) is 3.94. The van der Waals surface area contributed by atoms with Crippen LogP contribution >= 0.6 is 15.9 Å². The Morgan fingerprint density at radius 1 is 1.50 bits per heavy atom. The summed E-state index contributed by atoms with van der Waals surface area (Å²) in [6.45, 7) is 3.90. The van der Waals surface area contributed by atoms with Crippen LogP contribution in [0.15, 0.2) is 33.9 Å². The first-order valence-corrected chi connectivity index (χ1v) is 6.61. The number of hydrogen-bond acceptors (Lipinski definition) is 3. The third kappa shape index (κ3) is 5.82. The highest BCUT2D eigenvalue weighted by atomic mass is 79.9. The van der Waals surface area contributed by atoms with Crippen molar-refractivity contribution in [1.29, 1.82) is 0 Å². The number of carbonyl (C=O) groups excluding carboxylic acids is 1. The molecule has 0 fully saturated rings. The Bertz CT molecular complexity index is 404. The Morgan fingerprint density at radius 2 is 2.17 bits per heavy atom. The number of amides is 1. The molecule has 0 aliphatic heterocycles. The molecule has 0 saturated carbocycles. The fraction of sp³-hybridized carbons (Fsp3) is 0.385. The van der Waals surface area contributed by atoms with Gasteiger partial charge in [-0.2, -0.15) is 0 Å². The summed E-state index contributed by atoms with van der Waals surface area (Å²) in [5, 5.41) is 6.53. The highest BCUT2D eigenvalue weighted by molar-refractivity contribution is 9.10. The van der Waals surface area contributed by atoms with Crippen molar-refractivity contribution in [2.24, 2.45) is 5.16 Å². The average molecular weight is 313 g/mol. The largest absolute Gasteiger partial charge is 0.386 e. The van der Waals surface area contributed by atoms with Crippen LogP contribution in [-0.4, -0.2) is 24.8 Å². The zero-order chi connectivity index (χ0) is 13.4. The minimum Gasteiger partial charge on any atom is -0.386 e. The van der Waals surface area contributed by atoms with Gasteiger partial charge in [-0.1, -0.05) is 40.1 Å². The maximum atomic E-state index is 11.4. The van der Waals surface area contributed by atoms with Crippen LogP contribution in [0.2, 0.25) is 0 Å². The number of nitrogens with one attached hydrogen (secondary N) is 1. The maximum absolute atomic E-state index is 11.4. The van der Waals surface area contributed by atoms with Crippen molar-refractivity contribution in [3.63, 3.8) is 0 Å². The molecular formula is C13H17BrN2O2. The van der Waals surface area contributed by atoms with E-state index in [-0.39, 0.29) is 18.6 Å². The molecule has 0 aliphatic carbocycles. The molecule has 18 heavy (non-hydrogen) atoms. The number of nitrogens with zero attached hydrogens (tertiary/aromatic N) is 1. The summed E-state index contributed by atoms with van der Waals surface area (Å²) in [6.07, 6.45) is 2.47. The summed E-state index contributed by atoms with van der Waals surface area (Å²) in [5.74, 6) is -0.155. The zero-order valence-corrected chi connectivity index (χ0v) is 12.1. The predicted octanol–water partition coefficient (Wildman–Crippen LogP) is 2.71. The summed E-state index contributed by atoms with van der Waals surface area (Å²) in [6, 6.07) is 7.79. The van der Waals surface area contributed by atoms with E-state index < -0.39 is 0 Å². The highest BCUT2D eigenvalue weighted by Crippen LogP contribution is 2.08. The number of oxime groups is 1. The lowest BCUT2D eigenvalue weighted by Gasteiger charge is -2.09. The average Bonchev–Trinajstić information content (AvgIpc) is 2.36. The lowest BCUT2D eigenvalue weighted by atomic mass is 10.2. The molecule has 1 rings (SSSR count). The first-order chi connectivity index (χ1) is 8.61. The van der Waals surface area contributed by atoms with Gasteiger partial charge in [0, 0.05) is 10.5 Å². The molecular weight excluding hydrogens is 296 g/mol. The summed E-state index contributed by atoms with van der Waals surface area (Å²) >= 11 is 3.35. The van der Waals surface area contributed by atoms with Gasteiger partial charge in [0.25, 0.3) is 5.91 Å². The van der Waals surface area contributed by atoms with Crippen LogP contribution in [0, 0.1) is 0 Å². The van der Waals surface area contributed by atoms with E-state index in [4.69, 9.17) is 4.84 Å². The van der Waals surface area contributed by atoms with Gasteiger partial charge in [-0.3, -0.25) is 4.79 Å². The summed E-state index contributed by atoms with van der Waals surface area (Å²) < 4.78 is 1.01. The van der Waals surface area contributed by atoms with Crippen LogP contribution in [0.25, 0.3) is 0 Å². The molecule has 1 atom stereocenters. The number of benzene rings is 1. The summed E-state index contributed by atoms with van der Waals surface area (Å²) in [7, 11) is 0.